The van der Waals surface area contributed by atoms with Gasteiger partial charge < -0.3 is 4.57 Å². The summed E-state index contributed by atoms with van der Waals surface area (Å²) >= 11 is 17.7. The molecule has 4 aromatic rings. The Morgan fingerprint density at radius 1 is 0.972 bits per heavy atom. The van der Waals surface area contributed by atoms with Gasteiger partial charge in [0.05, 0.1) is 15.7 Å². The number of carbonyl (C=O) groups excluding carboxylic acids is 2. The number of aromatic nitrogens is 1. The molecule has 8 heteroatoms. The summed E-state index contributed by atoms with van der Waals surface area (Å²) in [5.74, 6) is -0.980. The SMILES string of the molecule is Cc1ccc(C)c(N2C(=O)/C(=C/c3cn(Cc4ccc(Cl)c(Cl)c4)c4ccccc34)C(=O)NC2=S)c1. The summed E-state index contributed by atoms with van der Waals surface area (Å²) < 4.78 is 2.06. The molecule has 0 aliphatic carbocycles. The number of halogens is 2. The maximum Gasteiger partial charge on any atom is 0.270 e. The number of aryl methyl sites for hydroxylation is 2. The topological polar surface area (TPSA) is 54.3 Å². The second-order valence-electron chi connectivity index (χ2n) is 8.73. The van der Waals surface area contributed by atoms with Crippen molar-refractivity contribution in [2.24, 2.45) is 0 Å². The predicted octanol–water partition coefficient (Wildman–Crippen LogP) is 6.44. The van der Waals surface area contributed by atoms with Crippen molar-refractivity contribution in [3.05, 3.63) is 105 Å². The predicted molar refractivity (Wildman–Crippen MR) is 150 cm³/mol. The molecule has 2 heterocycles. The van der Waals surface area contributed by atoms with Crippen LogP contribution in [0.2, 0.25) is 10.0 Å². The van der Waals surface area contributed by atoms with Gasteiger partial charge in [0, 0.05) is 29.2 Å². The van der Waals surface area contributed by atoms with Crippen LogP contribution in [0.5, 0.6) is 0 Å². The number of benzene rings is 3. The molecule has 0 bridgehead atoms. The first-order valence-electron chi connectivity index (χ1n) is 11.2. The van der Waals surface area contributed by atoms with Gasteiger partial charge in [-0.05, 0) is 73.1 Å². The average molecular weight is 534 g/mol. The molecule has 0 atom stereocenters. The van der Waals surface area contributed by atoms with Gasteiger partial charge in [-0.25, -0.2) is 0 Å². The Hall–Kier alpha value is -3.45. The van der Waals surface area contributed by atoms with E-state index in [0.717, 1.165) is 33.2 Å². The number of para-hydroxylation sites is 1. The second-order valence-corrected chi connectivity index (χ2v) is 9.93. The van der Waals surface area contributed by atoms with E-state index in [-0.39, 0.29) is 10.7 Å². The molecule has 5 nitrogen and oxygen atoms in total. The lowest BCUT2D eigenvalue weighted by Gasteiger charge is -2.30. The van der Waals surface area contributed by atoms with E-state index >= 15 is 0 Å². The van der Waals surface area contributed by atoms with Crippen molar-refractivity contribution >= 4 is 75.0 Å². The first-order valence-corrected chi connectivity index (χ1v) is 12.4. The average Bonchev–Trinajstić information content (AvgIpc) is 3.18. The molecular formula is C28H21Cl2N3O2S. The summed E-state index contributed by atoms with van der Waals surface area (Å²) in [5, 5.41) is 4.64. The van der Waals surface area contributed by atoms with Crippen LogP contribution in [-0.2, 0) is 16.1 Å². The molecule has 1 fully saturated rings. The number of rotatable bonds is 4. The number of hydrogen-bond acceptors (Lipinski definition) is 3. The Morgan fingerprint density at radius 2 is 1.75 bits per heavy atom. The van der Waals surface area contributed by atoms with Gasteiger partial charge in [0.25, 0.3) is 11.8 Å². The Morgan fingerprint density at radius 3 is 2.53 bits per heavy atom. The Kier molecular flexibility index (Phi) is 6.43. The fraction of sp³-hybridized carbons (Fsp3) is 0.107. The standard InChI is InChI=1S/C28H21Cl2N3O2S/c1-16-7-8-17(2)25(11-16)33-27(35)21(26(34)31-28(33)36)13-19-15-32(24-6-4-3-5-20(19)24)14-18-9-10-22(29)23(30)12-18/h3-13,15H,14H2,1-2H3,(H,31,34,36)/b21-13+. The molecule has 180 valence electrons. The molecular weight excluding hydrogens is 513 g/mol. The number of thiocarbonyl (C=S) groups is 1. The quantitative estimate of drug-likeness (QED) is 0.186. The van der Waals surface area contributed by atoms with Crippen molar-refractivity contribution in [1.29, 1.82) is 0 Å². The largest absolute Gasteiger partial charge is 0.342 e. The monoisotopic (exact) mass is 533 g/mol. The maximum absolute atomic E-state index is 13.6. The molecule has 1 N–H and O–H groups in total. The van der Waals surface area contributed by atoms with E-state index in [9.17, 15) is 9.59 Å². The van der Waals surface area contributed by atoms with E-state index in [1.807, 2.05) is 74.6 Å². The van der Waals surface area contributed by atoms with Gasteiger partial charge in [-0.15, -0.1) is 0 Å². The number of nitrogens with zero attached hydrogens (tertiary/aromatic N) is 2. The molecule has 3 aromatic carbocycles. The van der Waals surface area contributed by atoms with E-state index < -0.39 is 11.8 Å². The van der Waals surface area contributed by atoms with E-state index in [0.29, 0.717) is 22.3 Å². The van der Waals surface area contributed by atoms with Gasteiger partial charge >= 0.3 is 0 Å². The number of amides is 2. The van der Waals surface area contributed by atoms with E-state index in [2.05, 4.69) is 9.88 Å². The van der Waals surface area contributed by atoms with Crippen molar-refractivity contribution in [2.45, 2.75) is 20.4 Å². The number of anilines is 1. The summed E-state index contributed by atoms with van der Waals surface area (Å²) in [5.41, 5.74) is 5.21. The first-order chi connectivity index (χ1) is 17.2. The first kappa shape index (κ1) is 24.3. The maximum atomic E-state index is 13.6. The van der Waals surface area contributed by atoms with Crippen molar-refractivity contribution in [3.63, 3.8) is 0 Å². The zero-order valence-electron chi connectivity index (χ0n) is 19.5. The van der Waals surface area contributed by atoms with E-state index in [1.165, 1.54) is 4.90 Å². The Balaban J connectivity index is 1.58. The lowest BCUT2D eigenvalue weighted by Crippen LogP contribution is -2.54. The van der Waals surface area contributed by atoms with Crippen LogP contribution in [0.4, 0.5) is 5.69 Å². The molecule has 1 aromatic heterocycles. The molecule has 0 radical (unpaired) electrons. The van der Waals surface area contributed by atoms with Crippen LogP contribution in [0.1, 0.15) is 22.3 Å². The van der Waals surface area contributed by atoms with Crippen LogP contribution in [-0.4, -0.2) is 21.5 Å². The van der Waals surface area contributed by atoms with Gasteiger partial charge in [0.2, 0.25) is 0 Å². The molecule has 36 heavy (non-hydrogen) atoms. The lowest BCUT2D eigenvalue weighted by atomic mass is 10.0. The van der Waals surface area contributed by atoms with Crippen molar-refractivity contribution < 1.29 is 9.59 Å². The smallest absolute Gasteiger partial charge is 0.270 e. The summed E-state index contributed by atoms with van der Waals surface area (Å²) in [4.78, 5) is 27.9. The van der Waals surface area contributed by atoms with Crippen molar-refractivity contribution in [1.82, 2.24) is 9.88 Å². The minimum Gasteiger partial charge on any atom is -0.342 e. The third-order valence-electron chi connectivity index (χ3n) is 6.16. The fourth-order valence-electron chi connectivity index (χ4n) is 4.35. The molecule has 0 unspecified atom stereocenters. The fourth-order valence-corrected chi connectivity index (χ4v) is 4.94. The second kappa shape index (κ2) is 9.54. The Bertz CT molecular complexity index is 1610. The summed E-state index contributed by atoms with van der Waals surface area (Å²) in [6, 6.07) is 19.1. The van der Waals surface area contributed by atoms with E-state index in [1.54, 1.807) is 12.1 Å². The lowest BCUT2D eigenvalue weighted by molar-refractivity contribution is -0.122. The molecule has 0 saturated carbocycles. The number of fused-ring (bicyclic) bond motifs is 1. The van der Waals surface area contributed by atoms with Crippen LogP contribution < -0.4 is 10.2 Å². The summed E-state index contributed by atoms with van der Waals surface area (Å²) in [6.07, 6.45) is 3.56. The van der Waals surface area contributed by atoms with Gasteiger partial charge in [0.15, 0.2) is 5.11 Å². The third kappa shape index (κ3) is 4.44. The van der Waals surface area contributed by atoms with Gasteiger partial charge in [-0.2, -0.15) is 0 Å². The zero-order valence-corrected chi connectivity index (χ0v) is 21.8. The van der Waals surface area contributed by atoms with Crippen LogP contribution in [0.15, 0.2) is 72.4 Å². The van der Waals surface area contributed by atoms with Crippen LogP contribution >= 0.6 is 35.4 Å². The molecule has 2 amide bonds. The highest BCUT2D eigenvalue weighted by Gasteiger charge is 2.35. The number of carbonyl (C=O) groups is 2. The Labute approximate surface area is 223 Å². The number of nitrogens with one attached hydrogen (secondary N) is 1. The highest BCUT2D eigenvalue weighted by molar-refractivity contribution is 7.80. The van der Waals surface area contributed by atoms with Crippen molar-refractivity contribution in [2.75, 3.05) is 4.90 Å². The number of hydrogen-bond donors (Lipinski definition) is 1. The normalized spacial score (nSPS) is 15.2. The molecule has 5 rings (SSSR count). The molecule has 1 aliphatic rings. The zero-order chi connectivity index (χ0) is 25.6. The molecule has 1 saturated heterocycles. The summed E-state index contributed by atoms with van der Waals surface area (Å²) in [6.45, 7) is 4.39. The van der Waals surface area contributed by atoms with Gasteiger partial charge in [-0.3, -0.25) is 19.8 Å². The van der Waals surface area contributed by atoms with Gasteiger partial charge in [-0.1, -0.05) is 59.6 Å². The highest BCUT2D eigenvalue weighted by Crippen LogP contribution is 2.30. The van der Waals surface area contributed by atoms with Crippen LogP contribution in [0.25, 0.3) is 17.0 Å². The van der Waals surface area contributed by atoms with E-state index in [4.69, 9.17) is 35.4 Å². The summed E-state index contributed by atoms with van der Waals surface area (Å²) in [7, 11) is 0. The molecule has 1 aliphatic heterocycles. The van der Waals surface area contributed by atoms with Crippen LogP contribution in [0, 0.1) is 13.8 Å². The van der Waals surface area contributed by atoms with Crippen molar-refractivity contribution in [3.8, 4) is 0 Å². The van der Waals surface area contributed by atoms with Gasteiger partial charge in [0.1, 0.15) is 5.57 Å². The minimum absolute atomic E-state index is 0.0157. The minimum atomic E-state index is -0.520. The highest BCUT2D eigenvalue weighted by atomic mass is 35.5. The third-order valence-corrected chi connectivity index (χ3v) is 7.19. The molecule has 0 spiro atoms. The van der Waals surface area contributed by atoms with Crippen LogP contribution in [0.3, 0.4) is 0 Å².